The molecule has 122 valence electrons. The molecular formula is C17H20N2O3S. The molecule has 1 aliphatic heterocycles. The van der Waals surface area contributed by atoms with E-state index < -0.39 is 0 Å². The normalized spacial score (nSPS) is 16.1. The van der Waals surface area contributed by atoms with Gasteiger partial charge in [-0.05, 0) is 26.0 Å². The van der Waals surface area contributed by atoms with Crippen molar-refractivity contribution in [2.75, 3.05) is 24.7 Å². The van der Waals surface area contributed by atoms with Crippen molar-refractivity contribution in [2.45, 2.75) is 19.9 Å². The first-order valence-electron chi connectivity index (χ1n) is 7.73. The van der Waals surface area contributed by atoms with E-state index in [4.69, 9.17) is 4.42 Å². The van der Waals surface area contributed by atoms with Crippen LogP contribution in [0, 0.1) is 0 Å². The maximum atomic E-state index is 12.6. The van der Waals surface area contributed by atoms with Crippen LogP contribution in [-0.4, -0.2) is 46.3 Å². The minimum Gasteiger partial charge on any atom is -0.459 e. The zero-order chi connectivity index (χ0) is 16.4. The third kappa shape index (κ3) is 3.22. The highest BCUT2D eigenvalue weighted by atomic mass is 32.2. The average molecular weight is 332 g/mol. The number of likely N-dealkylation sites (N-methyl/N-ethyl adjacent to an activating group) is 1. The lowest BCUT2D eigenvalue weighted by atomic mass is 10.2. The monoisotopic (exact) mass is 332 g/mol. The third-order valence-corrected chi connectivity index (χ3v) is 5.08. The minimum atomic E-state index is -0.162. The molecule has 2 heterocycles. The number of hydrogen-bond donors (Lipinski definition) is 0. The molecule has 3 rings (SSSR count). The fourth-order valence-electron chi connectivity index (χ4n) is 2.82. The van der Waals surface area contributed by atoms with E-state index in [1.54, 1.807) is 21.6 Å². The van der Waals surface area contributed by atoms with Crippen LogP contribution in [0.3, 0.4) is 0 Å². The van der Waals surface area contributed by atoms with Gasteiger partial charge in [0.05, 0.1) is 17.7 Å². The van der Waals surface area contributed by atoms with E-state index in [1.807, 2.05) is 44.2 Å². The van der Waals surface area contributed by atoms with Crippen LogP contribution in [0.4, 0.5) is 0 Å². The first-order valence-corrected chi connectivity index (χ1v) is 8.89. The number of hydrogen-bond acceptors (Lipinski definition) is 4. The van der Waals surface area contributed by atoms with Gasteiger partial charge in [-0.1, -0.05) is 18.2 Å². The van der Waals surface area contributed by atoms with Crippen LogP contribution in [-0.2, 0) is 9.59 Å². The van der Waals surface area contributed by atoms with Crippen LogP contribution >= 0.6 is 11.8 Å². The molecule has 0 N–H and O–H groups in total. The molecule has 6 heteroatoms. The molecule has 1 fully saturated rings. The Morgan fingerprint density at radius 2 is 2.22 bits per heavy atom. The molecule has 23 heavy (non-hydrogen) atoms. The molecule has 1 saturated heterocycles. The standard InChI is InChI=1S/C17H20N2O3S/c1-3-19(16(20)9-18-11-23-10-17(18)21)12(2)15-8-13-6-4-5-7-14(13)22-15/h4-8,12H,3,9-11H2,1-2H3/t12-/m0/s1. The van der Waals surface area contributed by atoms with Crippen molar-refractivity contribution in [2.24, 2.45) is 0 Å². The summed E-state index contributed by atoms with van der Waals surface area (Å²) >= 11 is 1.55. The minimum absolute atomic E-state index is 0.0378. The maximum absolute atomic E-state index is 12.6. The summed E-state index contributed by atoms with van der Waals surface area (Å²) in [4.78, 5) is 27.7. The number of thioether (sulfide) groups is 1. The Labute approximate surface area is 139 Å². The quantitative estimate of drug-likeness (QED) is 0.845. The summed E-state index contributed by atoms with van der Waals surface area (Å²) in [5, 5.41) is 1.03. The Morgan fingerprint density at radius 3 is 2.87 bits per heavy atom. The molecule has 2 amide bonds. The van der Waals surface area contributed by atoms with Crippen molar-refractivity contribution in [3.63, 3.8) is 0 Å². The topological polar surface area (TPSA) is 53.8 Å². The van der Waals surface area contributed by atoms with Crippen LogP contribution in [0.1, 0.15) is 25.6 Å². The summed E-state index contributed by atoms with van der Waals surface area (Å²) in [5.41, 5.74) is 0.823. The van der Waals surface area contributed by atoms with Crippen molar-refractivity contribution in [3.8, 4) is 0 Å². The lowest BCUT2D eigenvalue weighted by molar-refractivity contribution is -0.139. The van der Waals surface area contributed by atoms with E-state index in [-0.39, 0.29) is 24.4 Å². The van der Waals surface area contributed by atoms with Crippen LogP contribution < -0.4 is 0 Å². The number of fused-ring (bicyclic) bond motifs is 1. The molecule has 0 saturated carbocycles. The summed E-state index contributed by atoms with van der Waals surface area (Å²) in [6.45, 7) is 4.62. The lowest BCUT2D eigenvalue weighted by Crippen LogP contribution is -2.42. The molecular weight excluding hydrogens is 312 g/mol. The largest absolute Gasteiger partial charge is 0.459 e. The number of nitrogens with zero attached hydrogens (tertiary/aromatic N) is 2. The third-order valence-electron chi connectivity index (χ3n) is 4.14. The molecule has 5 nitrogen and oxygen atoms in total. The van der Waals surface area contributed by atoms with Gasteiger partial charge in [0.2, 0.25) is 11.8 Å². The fraction of sp³-hybridized carbons (Fsp3) is 0.412. The van der Waals surface area contributed by atoms with Gasteiger partial charge >= 0.3 is 0 Å². The van der Waals surface area contributed by atoms with Gasteiger partial charge in [-0.3, -0.25) is 9.59 Å². The van der Waals surface area contributed by atoms with Gasteiger partial charge in [0.1, 0.15) is 17.9 Å². The van der Waals surface area contributed by atoms with E-state index in [9.17, 15) is 9.59 Å². The number of rotatable bonds is 5. The first kappa shape index (κ1) is 15.9. The van der Waals surface area contributed by atoms with Gasteiger partial charge in [-0.25, -0.2) is 0 Å². The Balaban J connectivity index is 1.76. The van der Waals surface area contributed by atoms with Gasteiger partial charge in [0, 0.05) is 11.9 Å². The molecule has 1 aromatic carbocycles. The van der Waals surface area contributed by atoms with E-state index in [0.717, 1.165) is 16.7 Å². The van der Waals surface area contributed by atoms with E-state index >= 15 is 0 Å². The maximum Gasteiger partial charge on any atom is 0.242 e. The predicted molar refractivity (Wildman–Crippen MR) is 91.1 cm³/mol. The molecule has 1 aromatic heterocycles. The van der Waals surface area contributed by atoms with E-state index in [2.05, 4.69) is 0 Å². The zero-order valence-corrected chi connectivity index (χ0v) is 14.1. The van der Waals surface area contributed by atoms with Crippen LogP contribution in [0.25, 0.3) is 11.0 Å². The van der Waals surface area contributed by atoms with Crippen LogP contribution in [0.2, 0.25) is 0 Å². The van der Waals surface area contributed by atoms with Gasteiger partial charge in [0.25, 0.3) is 0 Å². The van der Waals surface area contributed by atoms with Crippen molar-refractivity contribution >= 4 is 34.5 Å². The van der Waals surface area contributed by atoms with Crippen molar-refractivity contribution in [1.29, 1.82) is 0 Å². The zero-order valence-electron chi connectivity index (χ0n) is 13.3. The predicted octanol–water partition coefficient (Wildman–Crippen LogP) is 2.88. The summed E-state index contributed by atoms with van der Waals surface area (Å²) in [5.74, 6) is 1.83. The molecule has 0 spiro atoms. The molecule has 0 aliphatic carbocycles. The van der Waals surface area contributed by atoms with Crippen molar-refractivity contribution in [3.05, 3.63) is 36.1 Å². The first-order chi connectivity index (χ1) is 11.1. The molecule has 1 aliphatic rings. The molecule has 1 atom stereocenters. The van der Waals surface area contributed by atoms with Gasteiger partial charge in [-0.15, -0.1) is 11.8 Å². The number of para-hydroxylation sites is 1. The fourth-order valence-corrected chi connectivity index (χ4v) is 3.73. The average Bonchev–Trinajstić information content (AvgIpc) is 3.14. The highest BCUT2D eigenvalue weighted by Crippen LogP contribution is 2.27. The van der Waals surface area contributed by atoms with Crippen LogP contribution in [0.5, 0.6) is 0 Å². The van der Waals surface area contributed by atoms with Gasteiger partial charge in [-0.2, -0.15) is 0 Å². The van der Waals surface area contributed by atoms with Gasteiger partial charge in [0.15, 0.2) is 0 Å². The highest BCUT2D eigenvalue weighted by molar-refractivity contribution is 8.00. The summed E-state index contributed by atoms with van der Waals surface area (Å²) in [6.07, 6.45) is 0. The van der Waals surface area contributed by atoms with E-state index in [1.165, 1.54) is 0 Å². The van der Waals surface area contributed by atoms with Gasteiger partial charge < -0.3 is 14.2 Å². The number of carbonyl (C=O) groups excluding carboxylic acids is 2. The molecule has 2 aromatic rings. The molecule has 0 radical (unpaired) electrons. The summed E-state index contributed by atoms with van der Waals surface area (Å²) < 4.78 is 5.88. The Kier molecular flexibility index (Phi) is 4.61. The summed E-state index contributed by atoms with van der Waals surface area (Å²) in [6, 6.07) is 9.63. The van der Waals surface area contributed by atoms with Crippen molar-refractivity contribution < 1.29 is 14.0 Å². The second-order valence-corrected chi connectivity index (χ2v) is 6.57. The Morgan fingerprint density at radius 1 is 1.43 bits per heavy atom. The Hall–Kier alpha value is -1.95. The van der Waals surface area contributed by atoms with Crippen LogP contribution in [0.15, 0.2) is 34.7 Å². The SMILES string of the molecule is CCN(C(=O)CN1CSCC1=O)[C@@H](C)c1cc2ccccc2o1. The smallest absolute Gasteiger partial charge is 0.242 e. The number of furan rings is 1. The van der Waals surface area contributed by atoms with Crippen molar-refractivity contribution in [1.82, 2.24) is 9.80 Å². The molecule has 0 unspecified atom stereocenters. The lowest BCUT2D eigenvalue weighted by Gasteiger charge is -2.28. The number of benzene rings is 1. The highest BCUT2D eigenvalue weighted by Gasteiger charge is 2.28. The molecule has 0 bridgehead atoms. The summed E-state index contributed by atoms with van der Waals surface area (Å²) in [7, 11) is 0. The second-order valence-electron chi connectivity index (χ2n) is 5.61. The van der Waals surface area contributed by atoms with E-state index in [0.29, 0.717) is 18.2 Å². The Bertz CT molecular complexity index is 694. The second kappa shape index (κ2) is 6.66. The number of carbonyl (C=O) groups is 2. The number of amides is 2.